The molecule has 4 aromatic carbocycles. The van der Waals surface area contributed by atoms with Gasteiger partial charge in [-0.1, -0.05) is 24.3 Å². The van der Waals surface area contributed by atoms with Gasteiger partial charge >= 0.3 is 0 Å². The zero-order chi connectivity index (χ0) is 26.4. The summed E-state index contributed by atoms with van der Waals surface area (Å²) in [4.78, 5) is 13.4. The maximum absolute atomic E-state index is 13.7. The largest absolute Gasteiger partial charge is 0.497 e. The Hall–Kier alpha value is -4.50. The molecule has 0 spiro atoms. The fourth-order valence-corrected chi connectivity index (χ4v) is 6.09. The molecular formula is C29H24N2O6S. The van der Waals surface area contributed by atoms with E-state index in [4.69, 9.17) is 13.9 Å². The number of furan rings is 1. The smallest absolute Gasteiger partial charge is 0.267 e. The van der Waals surface area contributed by atoms with Crippen molar-refractivity contribution in [2.24, 2.45) is 0 Å². The Bertz CT molecular complexity index is 1790. The summed E-state index contributed by atoms with van der Waals surface area (Å²) >= 11 is 0. The van der Waals surface area contributed by atoms with E-state index < -0.39 is 22.0 Å². The second-order valence-corrected chi connectivity index (χ2v) is 11.0. The Balaban J connectivity index is 1.31. The van der Waals surface area contributed by atoms with E-state index in [1.165, 1.54) is 23.5 Å². The highest BCUT2D eigenvalue weighted by Gasteiger charge is 2.37. The third-order valence-electron chi connectivity index (χ3n) is 6.57. The summed E-state index contributed by atoms with van der Waals surface area (Å²) in [5, 5.41) is 4.78. The number of hydrogen-bond acceptors (Lipinski definition) is 6. The van der Waals surface area contributed by atoms with Crippen molar-refractivity contribution in [3.05, 3.63) is 90.5 Å². The Morgan fingerprint density at radius 1 is 0.947 bits per heavy atom. The number of fused-ring (bicyclic) bond motifs is 4. The van der Waals surface area contributed by atoms with Gasteiger partial charge in [0.25, 0.3) is 15.9 Å². The summed E-state index contributed by atoms with van der Waals surface area (Å²) in [5.41, 5.74) is 3.16. The minimum Gasteiger partial charge on any atom is -0.497 e. The highest BCUT2D eigenvalue weighted by Crippen LogP contribution is 2.38. The van der Waals surface area contributed by atoms with Gasteiger partial charge < -0.3 is 19.2 Å². The van der Waals surface area contributed by atoms with Gasteiger partial charge in [-0.15, -0.1) is 0 Å². The fraction of sp³-hybridized carbons (Fsp3) is 0.138. The second-order valence-electron chi connectivity index (χ2n) is 9.09. The molecule has 192 valence electrons. The molecule has 1 aliphatic heterocycles. The number of hydrogen-bond donors (Lipinski definition) is 1. The molecule has 0 radical (unpaired) electrons. The van der Waals surface area contributed by atoms with Gasteiger partial charge in [-0.05, 0) is 67.1 Å². The van der Waals surface area contributed by atoms with Crippen LogP contribution in [0.4, 0.5) is 11.4 Å². The number of benzene rings is 4. The molecule has 0 saturated heterocycles. The number of methoxy groups -OCH3 is 1. The van der Waals surface area contributed by atoms with Gasteiger partial charge in [0.05, 0.1) is 24.2 Å². The van der Waals surface area contributed by atoms with E-state index in [0.717, 1.165) is 21.9 Å². The van der Waals surface area contributed by atoms with Crippen molar-refractivity contribution in [3.8, 4) is 11.5 Å². The van der Waals surface area contributed by atoms with Crippen molar-refractivity contribution in [3.63, 3.8) is 0 Å². The number of aryl methyl sites for hydroxylation is 1. The van der Waals surface area contributed by atoms with Crippen LogP contribution in [-0.4, -0.2) is 34.1 Å². The maximum atomic E-state index is 13.7. The van der Waals surface area contributed by atoms with Crippen molar-refractivity contribution in [1.82, 2.24) is 0 Å². The first-order valence-electron chi connectivity index (χ1n) is 12.0. The monoisotopic (exact) mass is 528 g/mol. The summed E-state index contributed by atoms with van der Waals surface area (Å²) in [6.45, 7) is 1.68. The average Bonchev–Trinajstić information content (AvgIpc) is 3.30. The molecule has 1 N–H and O–H groups in total. The van der Waals surface area contributed by atoms with Gasteiger partial charge in [0, 0.05) is 22.5 Å². The summed E-state index contributed by atoms with van der Waals surface area (Å²) < 4.78 is 45.7. The van der Waals surface area contributed by atoms with Crippen LogP contribution in [0.15, 0.2) is 94.2 Å². The minimum absolute atomic E-state index is 0.0853. The number of nitrogens with zero attached hydrogens (tertiary/aromatic N) is 1. The Labute approximate surface area is 219 Å². The zero-order valence-electron chi connectivity index (χ0n) is 20.7. The second kappa shape index (κ2) is 9.11. The molecule has 1 aromatic heterocycles. The van der Waals surface area contributed by atoms with E-state index >= 15 is 0 Å². The van der Waals surface area contributed by atoms with Crippen molar-refractivity contribution in [2.75, 3.05) is 23.3 Å². The SMILES string of the molecule is COc1ccc(S(=O)(=O)N2C[C@@H](C(=O)Nc3ccc4c(c3)oc3ccccc34)Oc3ccc(C)cc32)cc1. The molecule has 0 fully saturated rings. The number of ether oxygens (including phenoxy) is 2. The Morgan fingerprint density at radius 2 is 1.71 bits per heavy atom. The van der Waals surface area contributed by atoms with E-state index in [0.29, 0.717) is 28.5 Å². The number of amides is 1. The lowest BCUT2D eigenvalue weighted by molar-refractivity contribution is -0.122. The molecule has 6 rings (SSSR count). The summed E-state index contributed by atoms with van der Waals surface area (Å²) in [6, 6.07) is 24.5. The van der Waals surface area contributed by atoms with Crippen LogP contribution in [0.2, 0.25) is 0 Å². The van der Waals surface area contributed by atoms with Crippen LogP contribution in [0.5, 0.6) is 11.5 Å². The van der Waals surface area contributed by atoms with Crippen LogP contribution in [0.25, 0.3) is 21.9 Å². The number of nitrogens with one attached hydrogen (secondary N) is 1. The molecule has 8 nitrogen and oxygen atoms in total. The molecule has 2 heterocycles. The van der Waals surface area contributed by atoms with Crippen LogP contribution in [0.3, 0.4) is 0 Å². The highest BCUT2D eigenvalue weighted by atomic mass is 32.2. The summed E-state index contributed by atoms with van der Waals surface area (Å²) in [5.74, 6) is 0.384. The molecule has 0 unspecified atom stereocenters. The molecular weight excluding hydrogens is 504 g/mol. The first-order valence-corrected chi connectivity index (χ1v) is 13.4. The molecule has 5 aromatic rings. The molecule has 1 aliphatic rings. The lowest BCUT2D eigenvalue weighted by atomic mass is 10.1. The average molecular weight is 529 g/mol. The standard InChI is InChI=1S/C29H24N2O6S/c1-18-7-14-26-24(15-18)31(38(33,34)21-11-9-20(35-2)10-12-21)17-28(37-26)29(32)30-19-8-13-23-22-5-3-4-6-25(22)36-27(23)16-19/h3-16,28H,17H2,1-2H3,(H,30,32)/t28-/m0/s1. The van der Waals surface area contributed by atoms with Crippen molar-refractivity contribution >= 4 is 49.2 Å². The molecule has 1 atom stereocenters. The van der Waals surface area contributed by atoms with Crippen molar-refractivity contribution in [1.29, 1.82) is 0 Å². The lowest BCUT2D eigenvalue weighted by Gasteiger charge is -2.35. The molecule has 0 saturated carbocycles. The van der Waals surface area contributed by atoms with Gasteiger partial charge in [0.15, 0.2) is 6.10 Å². The fourth-order valence-electron chi connectivity index (χ4n) is 4.63. The van der Waals surface area contributed by atoms with Crippen LogP contribution < -0.4 is 19.1 Å². The minimum atomic E-state index is -4.00. The number of rotatable bonds is 5. The van der Waals surface area contributed by atoms with Crippen LogP contribution in [0.1, 0.15) is 5.56 Å². The molecule has 38 heavy (non-hydrogen) atoms. The molecule has 0 bridgehead atoms. The maximum Gasteiger partial charge on any atom is 0.267 e. The normalized spacial score (nSPS) is 15.2. The quantitative estimate of drug-likeness (QED) is 0.324. The number of para-hydroxylation sites is 1. The summed E-state index contributed by atoms with van der Waals surface area (Å²) in [6.07, 6.45) is -1.08. The van der Waals surface area contributed by atoms with E-state index in [2.05, 4.69) is 5.32 Å². The lowest BCUT2D eigenvalue weighted by Crippen LogP contribution is -2.48. The van der Waals surface area contributed by atoms with Crippen molar-refractivity contribution in [2.45, 2.75) is 17.9 Å². The third kappa shape index (κ3) is 4.10. The van der Waals surface area contributed by atoms with Gasteiger partial charge in [0.2, 0.25) is 0 Å². The number of sulfonamides is 1. The van der Waals surface area contributed by atoms with Crippen LogP contribution >= 0.6 is 0 Å². The van der Waals surface area contributed by atoms with Gasteiger partial charge in [-0.25, -0.2) is 8.42 Å². The van der Waals surface area contributed by atoms with E-state index in [-0.39, 0.29) is 11.4 Å². The van der Waals surface area contributed by atoms with E-state index in [1.807, 2.05) is 43.3 Å². The number of carbonyl (C=O) groups excluding carboxylic acids is 1. The summed E-state index contributed by atoms with van der Waals surface area (Å²) in [7, 11) is -2.48. The first kappa shape index (κ1) is 23.9. The first-order chi connectivity index (χ1) is 18.3. The number of carbonyl (C=O) groups is 1. The van der Waals surface area contributed by atoms with Gasteiger partial charge in [0.1, 0.15) is 22.7 Å². The van der Waals surface area contributed by atoms with Gasteiger partial charge in [-0.2, -0.15) is 0 Å². The highest BCUT2D eigenvalue weighted by molar-refractivity contribution is 7.92. The van der Waals surface area contributed by atoms with Gasteiger partial charge in [-0.3, -0.25) is 9.10 Å². The molecule has 9 heteroatoms. The zero-order valence-corrected chi connectivity index (χ0v) is 21.5. The predicted molar refractivity (Wildman–Crippen MR) is 145 cm³/mol. The van der Waals surface area contributed by atoms with Crippen LogP contribution in [-0.2, 0) is 14.8 Å². The predicted octanol–water partition coefficient (Wildman–Crippen LogP) is 5.50. The number of anilines is 2. The van der Waals surface area contributed by atoms with Crippen molar-refractivity contribution < 1.29 is 27.1 Å². The Morgan fingerprint density at radius 3 is 2.50 bits per heavy atom. The molecule has 1 amide bonds. The third-order valence-corrected chi connectivity index (χ3v) is 8.36. The van der Waals surface area contributed by atoms with Crippen LogP contribution in [0, 0.1) is 6.92 Å². The Kier molecular flexibility index (Phi) is 5.72. The van der Waals surface area contributed by atoms with E-state index in [9.17, 15) is 13.2 Å². The molecule has 0 aliphatic carbocycles. The van der Waals surface area contributed by atoms with E-state index in [1.54, 1.807) is 36.4 Å². The topological polar surface area (TPSA) is 98.1 Å².